The first-order valence-electron chi connectivity index (χ1n) is 5.67. The summed E-state index contributed by atoms with van der Waals surface area (Å²) in [6, 6.07) is 0. The molecule has 2 rings (SSSR count). The van der Waals surface area contributed by atoms with Gasteiger partial charge in [-0.1, -0.05) is 12.1 Å². The van der Waals surface area contributed by atoms with Crippen molar-refractivity contribution in [3.05, 3.63) is 23.4 Å². The van der Waals surface area contributed by atoms with Crippen molar-refractivity contribution in [3.63, 3.8) is 0 Å². The predicted molar refractivity (Wildman–Crippen MR) is 60.8 cm³/mol. The fourth-order valence-corrected chi connectivity index (χ4v) is 1.36. The number of carbonyl (C=O) groups excluding carboxylic acids is 1. The number of aryl methyl sites for hydroxylation is 2. The van der Waals surface area contributed by atoms with E-state index in [0.29, 0.717) is 36.9 Å². The fourth-order valence-electron chi connectivity index (χ4n) is 1.36. The number of hydrogen-bond acceptors (Lipinski definition) is 6. The lowest BCUT2D eigenvalue weighted by Gasteiger charge is -1.98. The van der Waals surface area contributed by atoms with Crippen LogP contribution in [-0.4, -0.2) is 37.8 Å². The molecule has 0 aliphatic carbocycles. The third kappa shape index (κ3) is 2.90. The molecule has 0 fully saturated rings. The van der Waals surface area contributed by atoms with Gasteiger partial charge in [0.1, 0.15) is 5.82 Å². The molecular weight excluding hydrogens is 236 g/mol. The van der Waals surface area contributed by atoms with Gasteiger partial charge in [0.15, 0.2) is 5.82 Å². The van der Waals surface area contributed by atoms with Crippen LogP contribution in [0.5, 0.6) is 0 Å². The molecule has 0 spiro atoms. The van der Waals surface area contributed by atoms with Gasteiger partial charge in [0, 0.05) is 26.3 Å². The lowest BCUT2D eigenvalue weighted by atomic mass is 10.4. The Morgan fingerprint density at radius 2 is 2.28 bits per heavy atom. The number of nitrogens with zero attached hydrogens (tertiary/aromatic N) is 4. The second kappa shape index (κ2) is 5.39. The van der Waals surface area contributed by atoms with E-state index < -0.39 is 0 Å². The number of aromatic nitrogens is 5. The molecule has 0 saturated carbocycles. The van der Waals surface area contributed by atoms with Gasteiger partial charge in [0.25, 0.3) is 5.91 Å². The summed E-state index contributed by atoms with van der Waals surface area (Å²) in [5, 5.41) is 12.9. The van der Waals surface area contributed by atoms with E-state index in [9.17, 15) is 4.79 Å². The zero-order chi connectivity index (χ0) is 13.0. The Bertz CT molecular complexity index is 532. The van der Waals surface area contributed by atoms with Crippen molar-refractivity contribution in [2.24, 2.45) is 0 Å². The number of rotatable bonds is 5. The third-order valence-corrected chi connectivity index (χ3v) is 2.27. The lowest BCUT2D eigenvalue weighted by molar-refractivity contribution is 0.0944. The molecule has 2 aromatic heterocycles. The van der Waals surface area contributed by atoms with E-state index in [4.69, 9.17) is 4.52 Å². The molecule has 2 heterocycles. The topological polar surface area (TPSA) is 110 Å². The van der Waals surface area contributed by atoms with E-state index in [2.05, 4.69) is 30.6 Å². The highest BCUT2D eigenvalue weighted by molar-refractivity contribution is 5.90. The van der Waals surface area contributed by atoms with E-state index in [1.165, 1.54) is 0 Å². The van der Waals surface area contributed by atoms with E-state index in [0.717, 1.165) is 0 Å². The van der Waals surface area contributed by atoms with Crippen molar-refractivity contribution < 1.29 is 9.32 Å². The number of hydrogen-bond donors (Lipinski definition) is 2. The third-order valence-electron chi connectivity index (χ3n) is 2.27. The largest absolute Gasteiger partial charge is 0.349 e. The number of H-pyrrole nitrogens is 1. The highest BCUT2D eigenvalue weighted by atomic mass is 16.5. The van der Waals surface area contributed by atoms with Gasteiger partial charge in [-0.3, -0.25) is 9.89 Å². The minimum Gasteiger partial charge on any atom is -0.349 e. The van der Waals surface area contributed by atoms with Crippen LogP contribution >= 0.6 is 0 Å². The fraction of sp³-hybridized carbons (Fsp3) is 0.500. The van der Waals surface area contributed by atoms with Gasteiger partial charge >= 0.3 is 0 Å². The van der Waals surface area contributed by atoms with Crippen molar-refractivity contribution in [2.75, 3.05) is 6.54 Å². The first kappa shape index (κ1) is 12.2. The molecule has 0 unspecified atom stereocenters. The molecule has 0 radical (unpaired) electrons. The smallest absolute Gasteiger partial charge is 0.290 e. The average molecular weight is 250 g/mol. The van der Waals surface area contributed by atoms with Gasteiger partial charge in [0.2, 0.25) is 11.7 Å². The zero-order valence-electron chi connectivity index (χ0n) is 10.2. The maximum absolute atomic E-state index is 11.6. The summed E-state index contributed by atoms with van der Waals surface area (Å²) in [4.78, 5) is 19.7. The van der Waals surface area contributed by atoms with Gasteiger partial charge in [-0.15, -0.1) is 5.10 Å². The molecule has 96 valence electrons. The maximum atomic E-state index is 11.6. The Kier molecular flexibility index (Phi) is 3.66. The second-order valence-electron chi connectivity index (χ2n) is 3.69. The molecule has 0 saturated heterocycles. The van der Waals surface area contributed by atoms with E-state index >= 15 is 0 Å². The van der Waals surface area contributed by atoms with Crippen molar-refractivity contribution in [3.8, 4) is 0 Å². The van der Waals surface area contributed by atoms with Gasteiger partial charge in [0.05, 0.1) is 0 Å². The van der Waals surface area contributed by atoms with Crippen LogP contribution in [0.4, 0.5) is 0 Å². The van der Waals surface area contributed by atoms with E-state index in [1.54, 1.807) is 6.92 Å². The highest BCUT2D eigenvalue weighted by Crippen LogP contribution is 1.96. The van der Waals surface area contributed by atoms with Crippen molar-refractivity contribution >= 4 is 5.91 Å². The molecule has 8 nitrogen and oxygen atoms in total. The van der Waals surface area contributed by atoms with Crippen LogP contribution in [-0.2, 0) is 12.8 Å². The Hall–Kier alpha value is -2.25. The molecule has 1 amide bonds. The number of nitrogens with one attached hydrogen (secondary N) is 2. The zero-order valence-corrected chi connectivity index (χ0v) is 10.2. The summed E-state index contributed by atoms with van der Waals surface area (Å²) in [6.45, 7) is 4.06. The van der Waals surface area contributed by atoms with Crippen LogP contribution in [0.3, 0.4) is 0 Å². The molecule has 0 aliphatic heterocycles. The highest BCUT2D eigenvalue weighted by Gasteiger charge is 2.11. The normalized spacial score (nSPS) is 10.6. The summed E-state index contributed by atoms with van der Waals surface area (Å²) in [7, 11) is 0. The summed E-state index contributed by atoms with van der Waals surface area (Å²) >= 11 is 0. The molecule has 18 heavy (non-hydrogen) atoms. The number of aromatic amines is 1. The summed E-state index contributed by atoms with van der Waals surface area (Å²) < 4.78 is 4.82. The average Bonchev–Trinajstić information content (AvgIpc) is 2.98. The van der Waals surface area contributed by atoms with Gasteiger partial charge in [-0.2, -0.15) is 4.98 Å². The maximum Gasteiger partial charge on any atom is 0.290 e. The molecule has 0 bridgehead atoms. The molecule has 8 heteroatoms. The van der Waals surface area contributed by atoms with Gasteiger partial charge in [-0.05, 0) is 0 Å². The van der Waals surface area contributed by atoms with Crippen LogP contribution < -0.4 is 5.32 Å². The Labute approximate surface area is 103 Å². The van der Waals surface area contributed by atoms with Gasteiger partial charge in [-0.25, -0.2) is 4.98 Å². The van der Waals surface area contributed by atoms with E-state index in [1.807, 2.05) is 6.92 Å². The molecular formula is C10H14N6O2. The van der Waals surface area contributed by atoms with Crippen LogP contribution in [0.1, 0.15) is 35.1 Å². The van der Waals surface area contributed by atoms with Crippen molar-refractivity contribution in [2.45, 2.75) is 26.7 Å². The molecule has 0 aliphatic rings. The van der Waals surface area contributed by atoms with Crippen LogP contribution in [0, 0.1) is 6.92 Å². The Morgan fingerprint density at radius 3 is 2.89 bits per heavy atom. The lowest BCUT2D eigenvalue weighted by Crippen LogP contribution is -2.27. The van der Waals surface area contributed by atoms with Gasteiger partial charge < -0.3 is 9.84 Å². The minimum atomic E-state index is -0.314. The van der Waals surface area contributed by atoms with Crippen molar-refractivity contribution in [1.82, 2.24) is 30.6 Å². The first-order valence-corrected chi connectivity index (χ1v) is 5.67. The Morgan fingerprint density at radius 1 is 1.44 bits per heavy atom. The van der Waals surface area contributed by atoms with Crippen LogP contribution in [0.15, 0.2) is 4.52 Å². The second-order valence-corrected chi connectivity index (χ2v) is 3.69. The molecule has 2 N–H and O–H groups in total. The first-order chi connectivity index (χ1) is 8.69. The Balaban J connectivity index is 1.81. The quantitative estimate of drug-likeness (QED) is 0.774. The number of amides is 1. The summed E-state index contributed by atoms with van der Waals surface area (Å²) in [5.74, 6) is 1.60. The molecule has 0 atom stereocenters. The summed E-state index contributed by atoms with van der Waals surface area (Å²) in [6.07, 6.45) is 1.22. The molecule has 2 aromatic rings. The minimum absolute atomic E-state index is 0.149. The SMILES string of the molecule is CCc1nc(C(=O)NCCc2noc(C)n2)n[nH]1. The van der Waals surface area contributed by atoms with Crippen molar-refractivity contribution in [1.29, 1.82) is 0 Å². The predicted octanol–water partition coefficient (Wildman–Crippen LogP) is 0.0310. The standard InChI is InChI=1S/C10H14N6O2/c1-3-7-13-9(15-14-7)10(17)11-5-4-8-12-6(2)18-16-8/h3-5H2,1-2H3,(H,11,17)(H,13,14,15). The monoisotopic (exact) mass is 250 g/mol. The molecule has 0 aromatic carbocycles. The summed E-state index contributed by atoms with van der Waals surface area (Å²) in [5.41, 5.74) is 0. The van der Waals surface area contributed by atoms with Crippen LogP contribution in [0.25, 0.3) is 0 Å². The number of carbonyl (C=O) groups is 1. The van der Waals surface area contributed by atoms with Crippen LogP contribution in [0.2, 0.25) is 0 Å². The van der Waals surface area contributed by atoms with E-state index in [-0.39, 0.29) is 11.7 Å².